The van der Waals surface area contributed by atoms with Gasteiger partial charge in [0, 0.05) is 42.0 Å². The summed E-state index contributed by atoms with van der Waals surface area (Å²) in [6.07, 6.45) is 3.58. The van der Waals surface area contributed by atoms with E-state index in [-0.39, 0.29) is 5.91 Å². The van der Waals surface area contributed by atoms with Crippen LogP contribution in [0.4, 0.5) is 5.69 Å². The Kier molecular flexibility index (Phi) is 5.03. The highest BCUT2D eigenvalue weighted by Crippen LogP contribution is 2.26. The molecule has 0 spiro atoms. The van der Waals surface area contributed by atoms with Crippen LogP contribution in [0.3, 0.4) is 0 Å². The third-order valence-corrected chi connectivity index (χ3v) is 5.22. The Morgan fingerprint density at radius 2 is 1.87 bits per heavy atom. The quantitative estimate of drug-likeness (QED) is 0.782. The van der Waals surface area contributed by atoms with Crippen LogP contribution in [0.1, 0.15) is 9.75 Å². The smallest absolute Gasteiger partial charge is 0.246 e. The molecule has 0 bridgehead atoms. The summed E-state index contributed by atoms with van der Waals surface area (Å²) in [6.45, 7) is 5.12. The standard InChI is InChI=1S/C18H19ClN2OS/c1-14-6-7-15(23-14)8-9-18(22)21-12-10-20(11-13-21)17-5-3-2-4-16(17)19/h2-9H,10-13H2,1H3/b9-8+. The van der Waals surface area contributed by atoms with E-state index >= 15 is 0 Å². The van der Waals surface area contributed by atoms with Gasteiger partial charge in [-0.25, -0.2) is 0 Å². The monoisotopic (exact) mass is 346 g/mol. The van der Waals surface area contributed by atoms with Crippen molar-refractivity contribution < 1.29 is 4.79 Å². The Morgan fingerprint density at radius 1 is 1.13 bits per heavy atom. The lowest BCUT2D eigenvalue weighted by Gasteiger charge is -2.36. The second kappa shape index (κ2) is 7.20. The first-order valence-corrected chi connectivity index (χ1v) is 8.86. The molecule has 0 atom stereocenters. The van der Waals surface area contributed by atoms with Gasteiger partial charge in [0.1, 0.15) is 0 Å². The molecule has 1 aliphatic rings. The van der Waals surface area contributed by atoms with Crippen LogP contribution < -0.4 is 4.90 Å². The van der Waals surface area contributed by atoms with Gasteiger partial charge < -0.3 is 9.80 Å². The first kappa shape index (κ1) is 16.1. The average molecular weight is 347 g/mol. The van der Waals surface area contributed by atoms with E-state index in [4.69, 9.17) is 11.6 Å². The molecule has 3 rings (SSSR count). The zero-order chi connectivity index (χ0) is 16.2. The predicted octanol–water partition coefficient (Wildman–Crippen LogP) is 4.07. The van der Waals surface area contributed by atoms with Crippen LogP contribution in [0.15, 0.2) is 42.5 Å². The molecule has 1 aromatic carbocycles. The second-order valence-electron chi connectivity index (χ2n) is 5.55. The molecule has 5 heteroatoms. The zero-order valence-corrected chi connectivity index (χ0v) is 14.6. The third-order valence-electron chi connectivity index (χ3n) is 3.94. The van der Waals surface area contributed by atoms with Gasteiger partial charge in [0.15, 0.2) is 0 Å². The number of para-hydroxylation sites is 1. The van der Waals surface area contributed by atoms with Gasteiger partial charge in [0.2, 0.25) is 5.91 Å². The van der Waals surface area contributed by atoms with E-state index in [9.17, 15) is 4.79 Å². The van der Waals surface area contributed by atoms with Crippen molar-refractivity contribution in [3.8, 4) is 0 Å². The number of aryl methyl sites for hydroxylation is 1. The molecule has 1 aliphatic heterocycles. The van der Waals surface area contributed by atoms with Crippen molar-refractivity contribution in [1.82, 2.24) is 4.90 Å². The molecule has 1 aromatic heterocycles. The van der Waals surface area contributed by atoms with Gasteiger partial charge in [-0.2, -0.15) is 0 Å². The Hall–Kier alpha value is -1.78. The topological polar surface area (TPSA) is 23.6 Å². The van der Waals surface area contributed by atoms with Crippen molar-refractivity contribution in [2.75, 3.05) is 31.1 Å². The highest BCUT2D eigenvalue weighted by atomic mass is 35.5. The number of hydrogen-bond acceptors (Lipinski definition) is 3. The fourth-order valence-corrected chi connectivity index (χ4v) is 3.71. The fourth-order valence-electron chi connectivity index (χ4n) is 2.68. The first-order chi connectivity index (χ1) is 11.1. The van der Waals surface area contributed by atoms with Gasteiger partial charge in [-0.3, -0.25) is 4.79 Å². The lowest BCUT2D eigenvalue weighted by molar-refractivity contribution is -0.126. The molecule has 120 valence electrons. The summed E-state index contributed by atoms with van der Waals surface area (Å²) in [7, 11) is 0. The van der Waals surface area contributed by atoms with E-state index < -0.39 is 0 Å². The summed E-state index contributed by atoms with van der Waals surface area (Å²) in [4.78, 5) is 18.8. The number of amides is 1. The number of benzene rings is 1. The van der Waals surface area contributed by atoms with E-state index in [0.29, 0.717) is 0 Å². The van der Waals surface area contributed by atoms with Crippen molar-refractivity contribution in [2.45, 2.75) is 6.92 Å². The SMILES string of the molecule is Cc1ccc(/C=C/C(=O)N2CCN(c3ccccc3Cl)CC2)s1. The van der Waals surface area contributed by atoms with Gasteiger partial charge in [-0.05, 0) is 37.3 Å². The van der Waals surface area contributed by atoms with Gasteiger partial charge in [0.05, 0.1) is 10.7 Å². The zero-order valence-electron chi connectivity index (χ0n) is 13.0. The van der Waals surface area contributed by atoms with Crippen LogP contribution in [0.5, 0.6) is 0 Å². The van der Waals surface area contributed by atoms with Gasteiger partial charge in [-0.1, -0.05) is 23.7 Å². The molecular formula is C18H19ClN2OS. The number of hydrogen-bond donors (Lipinski definition) is 0. The number of piperazine rings is 1. The molecule has 23 heavy (non-hydrogen) atoms. The minimum atomic E-state index is 0.0786. The lowest BCUT2D eigenvalue weighted by Crippen LogP contribution is -2.48. The molecule has 3 nitrogen and oxygen atoms in total. The molecule has 0 aliphatic carbocycles. The number of anilines is 1. The predicted molar refractivity (Wildman–Crippen MR) is 98.3 cm³/mol. The lowest BCUT2D eigenvalue weighted by atomic mass is 10.2. The molecule has 1 saturated heterocycles. The Morgan fingerprint density at radius 3 is 2.52 bits per heavy atom. The summed E-state index contributed by atoms with van der Waals surface area (Å²) >= 11 is 7.94. The highest BCUT2D eigenvalue weighted by molar-refractivity contribution is 7.12. The Labute approximate surface area is 145 Å². The number of rotatable bonds is 3. The van der Waals surface area contributed by atoms with E-state index in [0.717, 1.165) is 41.8 Å². The first-order valence-electron chi connectivity index (χ1n) is 7.66. The van der Waals surface area contributed by atoms with Crippen molar-refractivity contribution in [3.63, 3.8) is 0 Å². The number of nitrogens with zero attached hydrogens (tertiary/aromatic N) is 2. The van der Waals surface area contributed by atoms with Crippen LogP contribution >= 0.6 is 22.9 Å². The van der Waals surface area contributed by atoms with E-state index in [1.807, 2.05) is 41.3 Å². The minimum Gasteiger partial charge on any atom is -0.367 e. The van der Waals surface area contributed by atoms with E-state index in [1.54, 1.807) is 17.4 Å². The Balaban J connectivity index is 1.57. The van der Waals surface area contributed by atoms with Crippen LogP contribution in [0.2, 0.25) is 5.02 Å². The molecule has 0 unspecified atom stereocenters. The maximum Gasteiger partial charge on any atom is 0.246 e. The number of halogens is 1. The van der Waals surface area contributed by atoms with Crippen LogP contribution in [-0.4, -0.2) is 37.0 Å². The minimum absolute atomic E-state index is 0.0786. The van der Waals surface area contributed by atoms with Crippen molar-refractivity contribution >= 4 is 40.6 Å². The van der Waals surface area contributed by atoms with Crippen LogP contribution in [-0.2, 0) is 4.79 Å². The van der Waals surface area contributed by atoms with E-state index in [2.05, 4.69) is 17.9 Å². The third kappa shape index (κ3) is 3.95. The molecule has 0 radical (unpaired) electrons. The number of thiophene rings is 1. The highest BCUT2D eigenvalue weighted by Gasteiger charge is 2.20. The summed E-state index contributed by atoms with van der Waals surface area (Å²) < 4.78 is 0. The van der Waals surface area contributed by atoms with Crippen LogP contribution in [0, 0.1) is 6.92 Å². The molecule has 1 amide bonds. The molecule has 1 fully saturated rings. The Bertz CT molecular complexity index is 717. The molecule has 2 heterocycles. The van der Waals surface area contributed by atoms with Crippen molar-refractivity contribution in [2.24, 2.45) is 0 Å². The molecular weight excluding hydrogens is 328 g/mol. The number of carbonyl (C=O) groups is 1. The summed E-state index contributed by atoms with van der Waals surface area (Å²) in [5, 5.41) is 0.764. The van der Waals surface area contributed by atoms with Crippen molar-refractivity contribution in [1.29, 1.82) is 0 Å². The summed E-state index contributed by atoms with van der Waals surface area (Å²) in [6, 6.07) is 12.0. The number of carbonyl (C=O) groups excluding carboxylic acids is 1. The normalized spacial score (nSPS) is 15.4. The van der Waals surface area contributed by atoms with Crippen LogP contribution in [0.25, 0.3) is 6.08 Å². The summed E-state index contributed by atoms with van der Waals surface area (Å²) in [5.41, 5.74) is 1.05. The van der Waals surface area contributed by atoms with Gasteiger partial charge >= 0.3 is 0 Å². The molecule has 0 N–H and O–H groups in total. The average Bonchev–Trinajstić information content (AvgIpc) is 2.99. The van der Waals surface area contributed by atoms with Crippen molar-refractivity contribution in [3.05, 3.63) is 57.3 Å². The van der Waals surface area contributed by atoms with E-state index in [1.165, 1.54) is 4.88 Å². The molecule has 2 aromatic rings. The van der Waals surface area contributed by atoms with Gasteiger partial charge in [-0.15, -0.1) is 11.3 Å². The largest absolute Gasteiger partial charge is 0.367 e. The molecule has 0 saturated carbocycles. The fraction of sp³-hybridized carbons (Fsp3) is 0.278. The summed E-state index contributed by atoms with van der Waals surface area (Å²) in [5.74, 6) is 0.0786. The maximum atomic E-state index is 12.3. The van der Waals surface area contributed by atoms with Gasteiger partial charge in [0.25, 0.3) is 0 Å². The second-order valence-corrected chi connectivity index (χ2v) is 7.27. The maximum absolute atomic E-state index is 12.3.